The second kappa shape index (κ2) is 5.43. The van der Waals surface area contributed by atoms with Crippen LogP contribution in [0.2, 0.25) is 5.02 Å². The SMILES string of the molecule is Cc1cc(S(=O)(=O)N2C[C@H](C)C[C@H](C)C2)ccc1Cl. The Hall–Kier alpha value is -0.580. The molecule has 1 saturated heterocycles. The van der Waals surface area contributed by atoms with E-state index >= 15 is 0 Å². The van der Waals surface area contributed by atoms with Crippen LogP contribution in [0.3, 0.4) is 0 Å². The molecule has 0 radical (unpaired) electrons. The lowest BCUT2D eigenvalue weighted by atomic mass is 9.94. The molecule has 0 unspecified atom stereocenters. The molecule has 0 aliphatic carbocycles. The number of halogens is 1. The van der Waals surface area contributed by atoms with Crippen LogP contribution in [0.1, 0.15) is 25.8 Å². The summed E-state index contributed by atoms with van der Waals surface area (Å²) in [5, 5.41) is 0.597. The van der Waals surface area contributed by atoms with Crippen molar-refractivity contribution in [3.63, 3.8) is 0 Å². The molecule has 0 amide bonds. The van der Waals surface area contributed by atoms with Crippen LogP contribution in [0.5, 0.6) is 0 Å². The molecule has 1 fully saturated rings. The average molecular weight is 302 g/mol. The maximum absolute atomic E-state index is 12.6. The number of sulfonamides is 1. The van der Waals surface area contributed by atoms with Crippen LogP contribution in [0.15, 0.2) is 23.1 Å². The van der Waals surface area contributed by atoms with E-state index in [0.717, 1.165) is 12.0 Å². The minimum atomic E-state index is -3.39. The summed E-state index contributed by atoms with van der Waals surface area (Å²) in [6, 6.07) is 4.90. The van der Waals surface area contributed by atoms with E-state index in [0.29, 0.717) is 34.8 Å². The van der Waals surface area contributed by atoms with Gasteiger partial charge in [-0.3, -0.25) is 0 Å². The number of nitrogens with zero attached hydrogens (tertiary/aromatic N) is 1. The summed E-state index contributed by atoms with van der Waals surface area (Å²) < 4.78 is 26.9. The molecule has 0 N–H and O–H groups in total. The number of aryl methyl sites for hydroxylation is 1. The van der Waals surface area contributed by atoms with Crippen LogP contribution in [0, 0.1) is 18.8 Å². The van der Waals surface area contributed by atoms with Gasteiger partial charge in [-0.1, -0.05) is 25.4 Å². The molecule has 19 heavy (non-hydrogen) atoms. The number of benzene rings is 1. The van der Waals surface area contributed by atoms with E-state index in [-0.39, 0.29) is 0 Å². The Morgan fingerprint density at radius 2 is 1.79 bits per heavy atom. The first-order chi connectivity index (χ1) is 8.80. The van der Waals surface area contributed by atoms with Gasteiger partial charge in [-0.15, -0.1) is 0 Å². The molecule has 1 aromatic carbocycles. The predicted octanol–water partition coefficient (Wildman–Crippen LogP) is 3.32. The van der Waals surface area contributed by atoms with Crippen molar-refractivity contribution in [1.82, 2.24) is 4.31 Å². The van der Waals surface area contributed by atoms with E-state index in [1.165, 1.54) is 0 Å². The summed E-state index contributed by atoms with van der Waals surface area (Å²) >= 11 is 5.95. The number of rotatable bonds is 2. The van der Waals surface area contributed by atoms with Crippen molar-refractivity contribution in [1.29, 1.82) is 0 Å². The highest BCUT2D eigenvalue weighted by atomic mass is 35.5. The second-order valence-electron chi connectivity index (χ2n) is 5.68. The van der Waals surface area contributed by atoms with Crippen LogP contribution in [0.25, 0.3) is 0 Å². The molecule has 0 spiro atoms. The van der Waals surface area contributed by atoms with E-state index in [2.05, 4.69) is 13.8 Å². The van der Waals surface area contributed by atoms with Gasteiger partial charge in [-0.25, -0.2) is 8.42 Å². The van der Waals surface area contributed by atoms with Crippen LogP contribution in [0.4, 0.5) is 0 Å². The molecule has 5 heteroatoms. The molecule has 0 bridgehead atoms. The molecule has 106 valence electrons. The maximum Gasteiger partial charge on any atom is 0.243 e. The van der Waals surface area contributed by atoms with Crippen molar-refractivity contribution in [2.75, 3.05) is 13.1 Å². The minimum Gasteiger partial charge on any atom is -0.207 e. The van der Waals surface area contributed by atoms with Gasteiger partial charge < -0.3 is 0 Å². The fraction of sp³-hybridized carbons (Fsp3) is 0.571. The Bertz CT molecular complexity index is 561. The Morgan fingerprint density at radius 3 is 2.32 bits per heavy atom. The van der Waals surface area contributed by atoms with E-state index in [9.17, 15) is 8.42 Å². The standard InChI is InChI=1S/C14H20ClNO2S/c1-10-6-11(2)9-16(8-10)19(17,18)13-4-5-14(15)12(3)7-13/h4-5,7,10-11H,6,8-9H2,1-3H3/t10-,11+. The average Bonchev–Trinajstić information content (AvgIpc) is 2.31. The second-order valence-corrected chi connectivity index (χ2v) is 8.02. The summed E-state index contributed by atoms with van der Waals surface area (Å²) in [7, 11) is -3.39. The van der Waals surface area contributed by atoms with E-state index in [4.69, 9.17) is 11.6 Å². The highest BCUT2D eigenvalue weighted by Crippen LogP contribution is 2.28. The molecule has 1 aliphatic rings. The van der Waals surface area contributed by atoms with Crippen molar-refractivity contribution < 1.29 is 8.42 Å². The number of hydrogen-bond acceptors (Lipinski definition) is 2. The predicted molar refractivity (Wildman–Crippen MR) is 77.9 cm³/mol. The lowest BCUT2D eigenvalue weighted by molar-refractivity contribution is 0.222. The molecular formula is C14H20ClNO2S. The van der Waals surface area contributed by atoms with Crippen molar-refractivity contribution >= 4 is 21.6 Å². The molecular weight excluding hydrogens is 282 g/mol. The number of piperidine rings is 1. The normalized spacial score (nSPS) is 25.5. The summed E-state index contributed by atoms with van der Waals surface area (Å²) in [5.41, 5.74) is 0.792. The molecule has 3 nitrogen and oxygen atoms in total. The van der Waals surface area contributed by atoms with Crippen LogP contribution in [-0.2, 0) is 10.0 Å². The summed E-state index contributed by atoms with van der Waals surface area (Å²) in [5.74, 6) is 0.818. The minimum absolute atomic E-state index is 0.343. The fourth-order valence-corrected chi connectivity index (χ4v) is 4.61. The Balaban J connectivity index is 2.33. The highest BCUT2D eigenvalue weighted by Gasteiger charge is 2.31. The molecule has 1 aromatic rings. The fourth-order valence-electron chi connectivity index (χ4n) is 2.73. The third kappa shape index (κ3) is 3.12. The monoisotopic (exact) mass is 301 g/mol. The quantitative estimate of drug-likeness (QED) is 0.840. The van der Waals surface area contributed by atoms with Crippen LogP contribution < -0.4 is 0 Å². The first kappa shape index (κ1) is 14.8. The first-order valence-corrected chi connectivity index (χ1v) is 8.39. The zero-order valence-electron chi connectivity index (χ0n) is 11.6. The Morgan fingerprint density at radius 1 is 1.21 bits per heavy atom. The topological polar surface area (TPSA) is 37.4 Å². The lowest BCUT2D eigenvalue weighted by Gasteiger charge is -2.34. The molecule has 0 saturated carbocycles. The lowest BCUT2D eigenvalue weighted by Crippen LogP contribution is -2.42. The molecule has 2 rings (SSSR count). The van der Waals surface area contributed by atoms with Crippen molar-refractivity contribution in [3.05, 3.63) is 28.8 Å². The first-order valence-electron chi connectivity index (χ1n) is 6.57. The van der Waals surface area contributed by atoms with Gasteiger partial charge in [-0.2, -0.15) is 4.31 Å². The highest BCUT2D eigenvalue weighted by molar-refractivity contribution is 7.89. The van der Waals surface area contributed by atoms with E-state index in [1.54, 1.807) is 22.5 Å². The number of hydrogen-bond donors (Lipinski definition) is 0. The van der Waals surface area contributed by atoms with Gasteiger partial charge in [0.25, 0.3) is 0 Å². The van der Waals surface area contributed by atoms with Crippen molar-refractivity contribution in [3.8, 4) is 0 Å². The Labute approximate surface area is 120 Å². The van der Waals surface area contributed by atoms with Crippen LogP contribution >= 0.6 is 11.6 Å². The Kier molecular flexibility index (Phi) is 4.23. The zero-order chi connectivity index (χ0) is 14.2. The van der Waals surface area contributed by atoms with Gasteiger partial charge in [0.2, 0.25) is 10.0 Å². The van der Waals surface area contributed by atoms with Gasteiger partial charge in [-0.05, 0) is 48.9 Å². The van der Waals surface area contributed by atoms with Gasteiger partial charge >= 0.3 is 0 Å². The third-order valence-corrected chi connectivity index (χ3v) is 5.85. The van der Waals surface area contributed by atoms with Gasteiger partial charge in [0.05, 0.1) is 4.90 Å². The van der Waals surface area contributed by atoms with E-state index in [1.807, 2.05) is 6.92 Å². The van der Waals surface area contributed by atoms with Gasteiger partial charge in [0, 0.05) is 18.1 Å². The van der Waals surface area contributed by atoms with Crippen molar-refractivity contribution in [2.24, 2.45) is 11.8 Å². The van der Waals surface area contributed by atoms with Crippen molar-refractivity contribution in [2.45, 2.75) is 32.1 Å². The zero-order valence-corrected chi connectivity index (χ0v) is 13.1. The largest absolute Gasteiger partial charge is 0.243 e. The third-order valence-electron chi connectivity index (χ3n) is 3.60. The molecule has 1 aliphatic heterocycles. The summed E-state index contributed by atoms with van der Waals surface area (Å²) in [6.45, 7) is 7.24. The van der Waals surface area contributed by atoms with Crippen LogP contribution in [-0.4, -0.2) is 25.8 Å². The molecule has 2 atom stereocenters. The molecule has 0 aromatic heterocycles. The summed E-state index contributed by atoms with van der Waals surface area (Å²) in [6.07, 6.45) is 1.09. The van der Waals surface area contributed by atoms with Gasteiger partial charge in [0.15, 0.2) is 0 Å². The summed E-state index contributed by atoms with van der Waals surface area (Å²) in [4.78, 5) is 0.343. The van der Waals surface area contributed by atoms with Gasteiger partial charge in [0.1, 0.15) is 0 Å². The molecule has 1 heterocycles. The smallest absolute Gasteiger partial charge is 0.207 e. The maximum atomic E-state index is 12.6. The van der Waals surface area contributed by atoms with E-state index < -0.39 is 10.0 Å².